The second-order valence-electron chi connectivity index (χ2n) is 9.04. The lowest BCUT2D eigenvalue weighted by Gasteiger charge is -2.28. The van der Waals surface area contributed by atoms with Crippen molar-refractivity contribution in [1.29, 1.82) is 0 Å². The lowest BCUT2D eigenvalue weighted by molar-refractivity contribution is 0.232. The molecule has 1 fully saturated rings. The standard InChI is InChI=1S/C25H28N8O2/c1-15-18-9-3-4-10-19(18)28-22(27-15)16(2)33-23-21(24(34)31-25(33)35)29-20(30-23)11-5-6-12-32-13-7-8-17(26)14-32/h3-4,9-10,16-17H,7-8,11-14,26H2,1-2H3,(H,29,30)(H,31,34,35)/t16?,17-/m1/s1. The number of aromatic nitrogens is 6. The van der Waals surface area contributed by atoms with Crippen molar-refractivity contribution in [3.05, 3.63) is 62.4 Å². The monoisotopic (exact) mass is 472 g/mol. The lowest BCUT2D eigenvalue weighted by atomic mass is 10.1. The van der Waals surface area contributed by atoms with Gasteiger partial charge in [-0.05, 0) is 39.3 Å². The summed E-state index contributed by atoms with van der Waals surface area (Å²) in [5, 5.41) is 0.953. The second kappa shape index (κ2) is 9.44. The number of benzene rings is 1. The van der Waals surface area contributed by atoms with Gasteiger partial charge >= 0.3 is 5.69 Å². The van der Waals surface area contributed by atoms with Gasteiger partial charge in [-0.15, -0.1) is 0 Å². The Morgan fingerprint density at radius 1 is 1.17 bits per heavy atom. The van der Waals surface area contributed by atoms with Crippen LogP contribution in [0, 0.1) is 18.8 Å². The molecule has 1 unspecified atom stereocenters. The van der Waals surface area contributed by atoms with Crippen LogP contribution in [0.4, 0.5) is 0 Å². The summed E-state index contributed by atoms with van der Waals surface area (Å²) in [6.07, 6.45) is 2.48. The molecule has 0 bridgehead atoms. The van der Waals surface area contributed by atoms with Crippen LogP contribution in [0.25, 0.3) is 22.1 Å². The molecule has 35 heavy (non-hydrogen) atoms. The van der Waals surface area contributed by atoms with Crippen LogP contribution in [-0.2, 0) is 6.42 Å². The van der Waals surface area contributed by atoms with Gasteiger partial charge in [0.15, 0.2) is 11.5 Å². The SMILES string of the molecule is Cc1nc(C(C)n2c(=O)[nH]c(=O)c3[nH]c(CC#CCN4CCC[C@@H](N)C4)nc32)nc2ccccc12. The van der Waals surface area contributed by atoms with Crippen molar-refractivity contribution in [2.45, 2.75) is 45.2 Å². The molecule has 4 aromatic rings. The number of nitrogens with two attached hydrogens (primary N) is 1. The van der Waals surface area contributed by atoms with Crippen molar-refractivity contribution in [3.63, 3.8) is 0 Å². The molecule has 2 atom stereocenters. The molecule has 180 valence electrons. The normalized spacial score (nSPS) is 17.4. The molecule has 0 radical (unpaired) electrons. The van der Waals surface area contributed by atoms with Crippen LogP contribution in [0.15, 0.2) is 33.9 Å². The maximum atomic E-state index is 12.8. The zero-order valence-electron chi connectivity index (χ0n) is 19.8. The van der Waals surface area contributed by atoms with Gasteiger partial charge in [0.1, 0.15) is 11.3 Å². The average molecular weight is 473 g/mol. The summed E-state index contributed by atoms with van der Waals surface area (Å²) in [7, 11) is 0. The molecule has 10 heteroatoms. The number of H-pyrrole nitrogens is 2. The minimum absolute atomic E-state index is 0.210. The van der Waals surface area contributed by atoms with Crippen molar-refractivity contribution in [2.24, 2.45) is 5.73 Å². The smallest absolute Gasteiger partial charge is 0.330 e. The third-order valence-corrected chi connectivity index (χ3v) is 6.43. The highest BCUT2D eigenvalue weighted by Crippen LogP contribution is 2.21. The molecule has 3 aromatic heterocycles. The summed E-state index contributed by atoms with van der Waals surface area (Å²) >= 11 is 0. The molecule has 4 N–H and O–H groups in total. The van der Waals surface area contributed by atoms with E-state index in [0.717, 1.165) is 42.5 Å². The molecule has 0 aliphatic carbocycles. The fourth-order valence-electron chi connectivity index (χ4n) is 4.61. The van der Waals surface area contributed by atoms with Gasteiger partial charge in [-0.3, -0.25) is 19.2 Å². The van der Waals surface area contributed by atoms with E-state index in [1.807, 2.05) is 38.1 Å². The highest BCUT2D eigenvalue weighted by molar-refractivity contribution is 5.80. The zero-order valence-corrected chi connectivity index (χ0v) is 19.8. The van der Waals surface area contributed by atoms with Crippen LogP contribution in [0.3, 0.4) is 0 Å². The van der Waals surface area contributed by atoms with Crippen LogP contribution >= 0.6 is 0 Å². The highest BCUT2D eigenvalue weighted by Gasteiger charge is 2.21. The van der Waals surface area contributed by atoms with E-state index in [9.17, 15) is 9.59 Å². The quantitative estimate of drug-likeness (QED) is 0.380. The third-order valence-electron chi connectivity index (χ3n) is 6.43. The van der Waals surface area contributed by atoms with E-state index >= 15 is 0 Å². The largest absolute Gasteiger partial charge is 0.335 e. The van der Waals surface area contributed by atoms with Gasteiger partial charge in [0.25, 0.3) is 5.56 Å². The predicted molar refractivity (Wildman–Crippen MR) is 134 cm³/mol. The Balaban J connectivity index is 1.45. The third kappa shape index (κ3) is 4.60. The fourth-order valence-corrected chi connectivity index (χ4v) is 4.61. The van der Waals surface area contributed by atoms with Gasteiger partial charge < -0.3 is 10.7 Å². The topological polar surface area (TPSA) is 139 Å². The number of rotatable bonds is 4. The molecule has 0 spiro atoms. The number of likely N-dealkylation sites (tertiary alicyclic amines) is 1. The summed E-state index contributed by atoms with van der Waals surface area (Å²) in [6.45, 7) is 6.24. The molecule has 5 rings (SSSR count). The Kier molecular flexibility index (Phi) is 6.19. The number of hydrogen-bond acceptors (Lipinski definition) is 7. The highest BCUT2D eigenvalue weighted by atomic mass is 16.2. The van der Waals surface area contributed by atoms with Crippen molar-refractivity contribution in [3.8, 4) is 11.8 Å². The number of hydrogen-bond donors (Lipinski definition) is 3. The Morgan fingerprint density at radius 3 is 2.83 bits per heavy atom. The molecule has 0 amide bonds. The summed E-state index contributed by atoms with van der Waals surface area (Å²) < 4.78 is 1.42. The van der Waals surface area contributed by atoms with Crippen molar-refractivity contribution < 1.29 is 0 Å². The first kappa shape index (κ1) is 23.0. The summed E-state index contributed by atoms with van der Waals surface area (Å²) in [5.41, 5.74) is 7.06. The Bertz CT molecular complexity index is 1570. The summed E-state index contributed by atoms with van der Waals surface area (Å²) in [4.78, 5) is 46.8. The van der Waals surface area contributed by atoms with Crippen molar-refractivity contribution >= 4 is 22.1 Å². The van der Waals surface area contributed by atoms with Gasteiger partial charge in [0, 0.05) is 23.7 Å². The number of para-hydroxylation sites is 1. The maximum Gasteiger partial charge on any atom is 0.330 e. The van der Waals surface area contributed by atoms with E-state index in [2.05, 4.69) is 41.7 Å². The van der Waals surface area contributed by atoms with Crippen LogP contribution < -0.4 is 17.0 Å². The van der Waals surface area contributed by atoms with E-state index in [0.29, 0.717) is 24.6 Å². The maximum absolute atomic E-state index is 12.8. The molecule has 1 saturated heterocycles. The first-order valence-electron chi connectivity index (χ1n) is 11.8. The molecule has 0 saturated carbocycles. The average Bonchev–Trinajstić information content (AvgIpc) is 3.26. The minimum Gasteiger partial charge on any atom is -0.335 e. The van der Waals surface area contributed by atoms with E-state index < -0.39 is 17.3 Å². The van der Waals surface area contributed by atoms with Crippen molar-refractivity contribution in [1.82, 2.24) is 34.4 Å². The molecule has 1 aliphatic rings. The number of nitrogens with one attached hydrogen (secondary N) is 2. The Morgan fingerprint density at radius 2 is 2.00 bits per heavy atom. The molecule has 4 heterocycles. The van der Waals surface area contributed by atoms with Crippen LogP contribution in [-0.4, -0.2) is 60.1 Å². The fraction of sp³-hybridized carbons (Fsp3) is 0.400. The van der Waals surface area contributed by atoms with Gasteiger partial charge in [0.2, 0.25) is 0 Å². The molecular weight excluding hydrogens is 444 g/mol. The van der Waals surface area contributed by atoms with E-state index in [4.69, 9.17) is 5.73 Å². The van der Waals surface area contributed by atoms with Gasteiger partial charge in [-0.1, -0.05) is 30.0 Å². The zero-order chi connectivity index (χ0) is 24.5. The number of aromatic amines is 2. The minimum atomic E-state index is -0.560. The Labute approximate surface area is 201 Å². The number of nitrogens with zero attached hydrogens (tertiary/aromatic N) is 5. The van der Waals surface area contributed by atoms with E-state index in [1.165, 1.54) is 4.57 Å². The number of fused-ring (bicyclic) bond motifs is 2. The van der Waals surface area contributed by atoms with Gasteiger partial charge in [-0.2, -0.15) is 0 Å². The first-order chi connectivity index (χ1) is 16.9. The van der Waals surface area contributed by atoms with Crippen LogP contribution in [0.2, 0.25) is 0 Å². The second-order valence-corrected chi connectivity index (χ2v) is 9.04. The Hall–Kier alpha value is -3.81. The molecule has 1 aliphatic heterocycles. The van der Waals surface area contributed by atoms with Gasteiger partial charge in [0.05, 0.1) is 24.5 Å². The van der Waals surface area contributed by atoms with Crippen molar-refractivity contribution in [2.75, 3.05) is 19.6 Å². The van der Waals surface area contributed by atoms with Gasteiger partial charge in [-0.25, -0.2) is 19.7 Å². The van der Waals surface area contributed by atoms with E-state index in [-0.39, 0.29) is 17.2 Å². The number of imidazole rings is 1. The first-order valence-corrected chi connectivity index (χ1v) is 11.8. The number of piperidine rings is 1. The van der Waals surface area contributed by atoms with Crippen LogP contribution in [0.5, 0.6) is 0 Å². The molecule has 10 nitrogen and oxygen atoms in total. The number of aryl methyl sites for hydroxylation is 1. The lowest BCUT2D eigenvalue weighted by Crippen LogP contribution is -2.42. The predicted octanol–water partition coefficient (Wildman–Crippen LogP) is 1.24. The van der Waals surface area contributed by atoms with E-state index in [1.54, 1.807) is 0 Å². The summed E-state index contributed by atoms with van der Waals surface area (Å²) in [6, 6.07) is 7.39. The van der Waals surface area contributed by atoms with Crippen LogP contribution in [0.1, 0.15) is 43.1 Å². The molecule has 1 aromatic carbocycles. The summed E-state index contributed by atoms with van der Waals surface area (Å²) in [5.74, 6) is 7.28. The molecular formula is C25H28N8O2.